The van der Waals surface area contributed by atoms with Crippen LogP contribution in [0.2, 0.25) is 0 Å². The number of rotatable bonds is 8. The van der Waals surface area contributed by atoms with Gasteiger partial charge in [0.2, 0.25) is 11.9 Å². The summed E-state index contributed by atoms with van der Waals surface area (Å²) in [7, 11) is 2.00. The maximum atomic E-state index is 13.1. The molecule has 1 amide bonds. The van der Waals surface area contributed by atoms with Gasteiger partial charge in [-0.1, -0.05) is 31.5 Å². The molecular formula is C27H34N4O2. The first-order chi connectivity index (χ1) is 16.0. The summed E-state index contributed by atoms with van der Waals surface area (Å²) in [6, 6.07) is 16.1. The Morgan fingerprint density at radius 3 is 2.70 bits per heavy atom. The number of imidazole rings is 1. The number of carbonyl (C=O) groups excluding carboxylic acids is 1. The molecule has 2 saturated carbocycles. The molecular weight excluding hydrogens is 412 g/mol. The average Bonchev–Trinajstić information content (AvgIpc) is 3.54. The van der Waals surface area contributed by atoms with Crippen molar-refractivity contribution < 1.29 is 9.53 Å². The number of benzene rings is 2. The van der Waals surface area contributed by atoms with Gasteiger partial charge in [0.15, 0.2) is 0 Å². The lowest BCUT2D eigenvalue weighted by Gasteiger charge is -2.32. The number of ether oxygens (including phenoxy) is 1. The molecule has 1 heterocycles. The number of anilines is 1. The fourth-order valence-corrected chi connectivity index (χ4v) is 6.02. The minimum absolute atomic E-state index is 0.111. The van der Waals surface area contributed by atoms with Crippen molar-refractivity contribution in [2.45, 2.75) is 64.0 Å². The number of fused-ring (bicyclic) bond motifs is 3. The maximum Gasteiger partial charge on any atom is 0.222 e. The highest BCUT2D eigenvalue weighted by molar-refractivity contribution is 5.80. The van der Waals surface area contributed by atoms with Crippen molar-refractivity contribution in [3.8, 4) is 11.5 Å². The number of carbonyl (C=O) groups is 1. The predicted octanol–water partition coefficient (Wildman–Crippen LogP) is 5.79. The van der Waals surface area contributed by atoms with Gasteiger partial charge >= 0.3 is 0 Å². The van der Waals surface area contributed by atoms with Gasteiger partial charge in [-0.05, 0) is 68.2 Å². The van der Waals surface area contributed by atoms with E-state index in [1.165, 1.54) is 25.7 Å². The summed E-state index contributed by atoms with van der Waals surface area (Å²) in [4.78, 5) is 19.7. The Bertz CT molecular complexity index is 1130. The van der Waals surface area contributed by atoms with Crippen molar-refractivity contribution >= 4 is 22.9 Å². The Morgan fingerprint density at radius 1 is 1.18 bits per heavy atom. The van der Waals surface area contributed by atoms with E-state index in [2.05, 4.69) is 16.5 Å². The summed E-state index contributed by atoms with van der Waals surface area (Å²) in [5, 5.41) is 0. The van der Waals surface area contributed by atoms with Crippen LogP contribution in [0, 0.1) is 11.8 Å². The Hall–Kier alpha value is -3.02. The highest BCUT2D eigenvalue weighted by atomic mass is 16.5. The zero-order valence-electron chi connectivity index (χ0n) is 19.6. The average molecular weight is 447 g/mol. The van der Waals surface area contributed by atoms with E-state index in [0.717, 1.165) is 41.3 Å². The Balaban J connectivity index is 1.31. The third-order valence-electron chi connectivity index (χ3n) is 7.79. The van der Waals surface area contributed by atoms with Gasteiger partial charge in [-0.3, -0.25) is 4.79 Å². The van der Waals surface area contributed by atoms with Gasteiger partial charge in [-0.2, -0.15) is 0 Å². The predicted molar refractivity (Wildman–Crippen MR) is 131 cm³/mol. The minimum Gasteiger partial charge on any atom is -0.457 e. The lowest BCUT2D eigenvalue weighted by molar-refractivity contribution is -0.133. The van der Waals surface area contributed by atoms with E-state index in [4.69, 9.17) is 10.5 Å². The lowest BCUT2D eigenvalue weighted by atomic mass is 9.94. The molecule has 1 aromatic heterocycles. The van der Waals surface area contributed by atoms with Crippen LogP contribution in [0.15, 0.2) is 48.5 Å². The second-order valence-electron chi connectivity index (χ2n) is 9.75. The summed E-state index contributed by atoms with van der Waals surface area (Å²) in [5.41, 5.74) is 8.15. The molecule has 4 atom stereocenters. The molecule has 174 valence electrons. The van der Waals surface area contributed by atoms with Gasteiger partial charge in [-0.25, -0.2) is 4.98 Å². The van der Waals surface area contributed by atoms with Gasteiger partial charge in [0, 0.05) is 31.6 Å². The van der Waals surface area contributed by atoms with E-state index < -0.39 is 0 Å². The topological polar surface area (TPSA) is 73.4 Å². The van der Waals surface area contributed by atoms with Gasteiger partial charge in [0.1, 0.15) is 11.5 Å². The zero-order valence-corrected chi connectivity index (χ0v) is 19.6. The van der Waals surface area contributed by atoms with E-state index in [0.29, 0.717) is 24.3 Å². The quantitative estimate of drug-likeness (QED) is 0.475. The Kier molecular flexibility index (Phi) is 6.00. The third kappa shape index (κ3) is 4.31. The molecule has 0 radical (unpaired) electrons. The normalized spacial score (nSPS) is 22.5. The Morgan fingerprint density at radius 2 is 2.00 bits per heavy atom. The van der Waals surface area contributed by atoms with E-state index in [-0.39, 0.29) is 11.9 Å². The second-order valence-corrected chi connectivity index (χ2v) is 9.75. The van der Waals surface area contributed by atoms with Gasteiger partial charge in [-0.15, -0.1) is 0 Å². The number of amides is 1. The van der Waals surface area contributed by atoms with E-state index in [1.54, 1.807) is 0 Å². The van der Waals surface area contributed by atoms with Gasteiger partial charge in [0.05, 0.1) is 11.0 Å². The molecule has 0 saturated heterocycles. The largest absolute Gasteiger partial charge is 0.457 e. The SMILES string of the molecule is CCC(CCC(=O)N(C)[C@H]1C[C@@H]2CC[C@H]1C2)n1c(N)nc2ccc(Oc3ccccc3)cc21. The number of aromatic nitrogens is 2. The van der Waals surface area contributed by atoms with E-state index in [1.807, 2.05) is 60.5 Å². The van der Waals surface area contributed by atoms with E-state index in [9.17, 15) is 4.79 Å². The summed E-state index contributed by atoms with van der Waals surface area (Å²) >= 11 is 0. The van der Waals surface area contributed by atoms with Crippen molar-refractivity contribution in [3.63, 3.8) is 0 Å². The molecule has 1 unspecified atom stereocenters. The lowest BCUT2D eigenvalue weighted by Crippen LogP contribution is -2.40. The fraction of sp³-hybridized carbons (Fsp3) is 0.481. The maximum absolute atomic E-state index is 13.1. The Labute approximate surface area is 195 Å². The van der Waals surface area contributed by atoms with Crippen molar-refractivity contribution in [2.24, 2.45) is 11.8 Å². The molecule has 2 fully saturated rings. The number of hydrogen-bond acceptors (Lipinski definition) is 4. The van der Waals surface area contributed by atoms with Crippen molar-refractivity contribution in [2.75, 3.05) is 12.8 Å². The summed E-state index contributed by atoms with van der Waals surface area (Å²) in [6.45, 7) is 2.14. The van der Waals surface area contributed by atoms with Crippen LogP contribution in [0.3, 0.4) is 0 Å². The van der Waals surface area contributed by atoms with Crippen LogP contribution < -0.4 is 10.5 Å². The monoisotopic (exact) mass is 446 g/mol. The van der Waals surface area contributed by atoms with Crippen molar-refractivity contribution in [3.05, 3.63) is 48.5 Å². The van der Waals surface area contributed by atoms with Crippen LogP contribution in [0.4, 0.5) is 5.95 Å². The molecule has 33 heavy (non-hydrogen) atoms. The first-order valence-electron chi connectivity index (χ1n) is 12.3. The molecule has 3 aromatic rings. The summed E-state index contributed by atoms with van der Waals surface area (Å²) < 4.78 is 8.11. The van der Waals surface area contributed by atoms with Crippen LogP contribution in [0.25, 0.3) is 11.0 Å². The van der Waals surface area contributed by atoms with Crippen LogP contribution in [-0.2, 0) is 4.79 Å². The highest BCUT2D eigenvalue weighted by Gasteiger charge is 2.42. The molecule has 2 aromatic carbocycles. The number of nitrogens with zero attached hydrogens (tertiary/aromatic N) is 3. The number of para-hydroxylation sites is 1. The molecule has 6 heteroatoms. The molecule has 2 N–H and O–H groups in total. The van der Waals surface area contributed by atoms with E-state index >= 15 is 0 Å². The number of nitrogen functional groups attached to an aromatic ring is 1. The molecule has 6 nitrogen and oxygen atoms in total. The van der Waals surface area contributed by atoms with Crippen molar-refractivity contribution in [1.82, 2.24) is 14.5 Å². The molecule has 2 bridgehead atoms. The smallest absolute Gasteiger partial charge is 0.222 e. The minimum atomic E-state index is 0.111. The standard InChI is InChI=1S/C27H34N4O2/c1-3-20(11-14-26(32)30(2)24-16-18-9-10-19(24)15-18)31-25-17-22(12-13-23(25)29-27(31)28)33-21-7-5-4-6-8-21/h4-8,12-13,17-20,24H,3,9-11,14-16H2,1-2H3,(H2,28,29)/t18-,19+,20?,24+/m1/s1. The van der Waals surface area contributed by atoms with Crippen LogP contribution in [0.5, 0.6) is 11.5 Å². The molecule has 2 aliphatic rings. The number of nitrogens with two attached hydrogens (primary N) is 1. The second kappa shape index (κ2) is 9.08. The van der Waals surface area contributed by atoms with Crippen molar-refractivity contribution in [1.29, 1.82) is 0 Å². The van der Waals surface area contributed by atoms with Crippen LogP contribution in [0.1, 0.15) is 57.9 Å². The highest BCUT2D eigenvalue weighted by Crippen LogP contribution is 2.46. The third-order valence-corrected chi connectivity index (χ3v) is 7.79. The van der Waals surface area contributed by atoms with Crippen LogP contribution >= 0.6 is 0 Å². The molecule has 0 spiro atoms. The molecule has 2 aliphatic carbocycles. The number of hydrogen-bond donors (Lipinski definition) is 1. The van der Waals surface area contributed by atoms with Crippen LogP contribution in [-0.4, -0.2) is 33.4 Å². The van der Waals surface area contributed by atoms with Gasteiger partial charge < -0.3 is 19.9 Å². The fourth-order valence-electron chi connectivity index (χ4n) is 6.02. The first-order valence-corrected chi connectivity index (χ1v) is 12.3. The zero-order chi connectivity index (χ0) is 22.9. The molecule has 0 aliphatic heterocycles. The molecule has 5 rings (SSSR count). The summed E-state index contributed by atoms with van der Waals surface area (Å²) in [6.07, 6.45) is 7.30. The summed E-state index contributed by atoms with van der Waals surface area (Å²) in [5.74, 6) is 3.82. The first kappa shape index (κ1) is 21.8. The van der Waals surface area contributed by atoms with Gasteiger partial charge in [0.25, 0.3) is 0 Å².